The van der Waals surface area contributed by atoms with Crippen LogP contribution in [-0.4, -0.2) is 18.0 Å². The molecular weight excluding hydrogens is 194 g/mol. The topological polar surface area (TPSA) is 69.4 Å². The zero-order valence-corrected chi connectivity index (χ0v) is 8.47. The van der Waals surface area contributed by atoms with Crippen molar-refractivity contribution in [3.8, 4) is 0 Å². The molecule has 0 spiro atoms. The molecule has 1 aromatic rings. The first-order valence-electron chi connectivity index (χ1n) is 4.61. The van der Waals surface area contributed by atoms with E-state index in [4.69, 9.17) is 5.73 Å². The number of ether oxygens (including phenoxy) is 1. The molecule has 0 amide bonds. The van der Waals surface area contributed by atoms with Crippen LogP contribution < -0.4 is 5.73 Å². The Labute approximate surface area is 88.0 Å². The van der Waals surface area contributed by atoms with Crippen molar-refractivity contribution in [2.24, 2.45) is 5.73 Å². The fourth-order valence-corrected chi connectivity index (χ4v) is 1.17. The van der Waals surface area contributed by atoms with Crippen LogP contribution in [0.2, 0.25) is 0 Å². The highest BCUT2D eigenvalue weighted by Crippen LogP contribution is 2.02. The molecule has 1 unspecified atom stereocenters. The standard InChI is InChI=1S/C11H13NO3/c1-8(13)15-11(14)10(12)7-9-5-3-2-4-6-9/h2-6,10H,7,12H2,1H3. The van der Waals surface area contributed by atoms with E-state index < -0.39 is 18.0 Å². The first kappa shape index (κ1) is 11.4. The number of esters is 2. The molecule has 0 bridgehead atoms. The molecule has 1 atom stereocenters. The summed E-state index contributed by atoms with van der Waals surface area (Å²) < 4.78 is 4.38. The molecule has 0 aliphatic rings. The molecule has 0 aliphatic carbocycles. The lowest BCUT2D eigenvalue weighted by Gasteiger charge is -2.08. The number of nitrogens with two attached hydrogens (primary N) is 1. The summed E-state index contributed by atoms with van der Waals surface area (Å²) in [6, 6.07) is 8.53. The number of hydrogen-bond donors (Lipinski definition) is 1. The maximum absolute atomic E-state index is 11.2. The van der Waals surface area contributed by atoms with E-state index in [2.05, 4.69) is 4.74 Å². The molecule has 0 saturated carbocycles. The van der Waals surface area contributed by atoms with Crippen LogP contribution in [0.4, 0.5) is 0 Å². The second kappa shape index (κ2) is 5.26. The van der Waals surface area contributed by atoms with Crippen molar-refractivity contribution < 1.29 is 14.3 Å². The third kappa shape index (κ3) is 3.91. The lowest BCUT2D eigenvalue weighted by atomic mass is 10.1. The predicted molar refractivity (Wildman–Crippen MR) is 54.9 cm³/mol. The quantitative estimate of drug-likeness (QED) is 0.583. The summed E-state index contributed by atoms with van der Waals surface area (Å²) in [4.78, 5) is 21.7. The SMILES string of the molecule is CC(=O)OC(=O)C(N)Cc1ccccc1. The van der Waals surface area contributed by atoms with Gasteiger partial charge >= 0.3 is 11.9 Å². The van der Waals surface area contributed by atoms with Crippen LogP contribution in [-0.2, 0) is 20.7 Å². The van der Waals surface area contributed by atoms with Crippen molar-refractivity contribution in [2.45, 2.75) is 19.4 Å². The van der Waals surface area contributed by atoms with Crippen molar-refractivity contribution >= 4 is 11.9 Å². The smallest absolute Gasteiger partial charge is 0.330 e. The summed E-state index contributed by atoms with van der Waals surface area (Å²) >= 11 is 0. The Morgan fingerprint density at radius 1 is 1.33 bits per heavy atom. The molecule has 1 rings (SSSR count). The molecule has 0 heterocycles. The van der Waals surface area contributed by atoms with Crippen LogP contribution in [0.25, 0.3) is 0 Å². The number of hydrogen-bond acceptors (Lipinski definition) is 4. The van der Waals surface area contributed by atoms with Crippen molar-refractivity contribution in [1.82, 2.24) is 0 Å². The molecule has 0 aliphatic heterocycles. The van der Waals surface area contributed by atoms with Crippen LogP contribution in [0.15, 0.2) is 30.3 Å². The second-order valence-corrected chi connectivity index (χ2v) is 3.21. The largest absolute Gasteiger partial charge is 0.392 e. The van der Waals surface area contributed by atoms with Gasteiger partial charge in [0.1, 0.15) is 6.04 Å². The van der Waals surface area contributed by atoms with Gasteiger partial charge in [0, 0.05) is 6.92 Å². The number of carbonyl (C=O) groups is 2. The number of benzene rings is 1. The Morgan fingerprint density at radius 3 is 2.47 bits per heavy atom. The van der Waals surface area contributed by atoms with Gasteiger partial charge in [-0.2, -0.15) is 0 Å². The number of carbonyl (C=O) groups excluding carboxylic acids is 2. The maximum atomic E-state index is 11.2. The average molecular weight is 207 g/mol. The van der Waals surface area contributed by atoms with Crippen molar-refractivity contribution in [1.29, 1.82) is 0 Å². The predicted octanol–water partition coefficient (Wildman–Crippen LogP) is 0.646. The van der Waals surface area contributed by atoms with Gasteiger partial charge in [0.25, 0.3) is 0 Å². The fraction of sp³-hybridized carbons (Fsp3) is 0.273. The number of rotatable bonds is 3. The molecule has 80 valence electrons. The Morgan fingerprint density at radius 2 is 1.93 bits per heavy atom. The Balaban J connectivity index is 2.52. The van der Waals surface area contributed by atoms with Crippen molar-refractivity contribution in [3.05, 3.63) is 35.9 Å². The minimum absolute atomic E-state index is 0.368. The highest BCUT2D eigenvalue weighted by Gasteiger charge is 2.17. The molecular formula is C11H13NO3. The first-order valence-corrected chi connectivity index (χ1v) is 4.61. The molecule has 0 fully saturated rings. The minimum atomic E-state index is -0.795. The molecule has 4 heteroatoms. The van der Waals surface area contributed by atoms with Gasteiger partial charge in [-0.1, -0.05) is 30.3 Å². The van der Waals surface area contributed by atoms with Gasteiger partial charge in [-0.15, -0.1) is 0 Å². The van der Waals surface area contributed by atoms with Gasteiger partial charge in [-0.05, 0) is 12.0 Å². The molecule has 2 N–H and O–H groups in total. The third-order valence-corrected chi connectivity index (χ3v) is 1.85. The monoisotopic (exact) mass is 207 g/mol. The van der Waals surface area contributed by atoms with E-state index in [1.165, 1.54) is 6.92 Å². The van der Waals surface area contributed by atoms with Gasteiger partial charge in [0.05, 0.1) is 0 Å². The zero-order chi connectivity index (χ0) is 11.3. The summed E-state index contributed by atoms with van der Waals surface area (Å²) in [6.07, 6.45) is 0.368. The molecule has 0 radical (unpaired) electrons. The van der Waals surface area contributed by atoms with E-state index in [0.29, 0.717) is 6.42 Å². The average Bonchev–Trinajstić information content (AvgIpc) is 2.18. The third-order valence-electron chi connectivity index (χ3n) is 1.85. The lowest BCUT2D eigenvalue weighted by molar-refractivity contribution is -0.159. The fourth-order valence-electron chi connectivity index (χ4n) is 1.17. The Hall–Kier alpha value is -1.68. The second-order valence-electron chi connectivity index (χ2n) is 3.21. The van der Waals surface area contributed by atoms with E-state index in [0.717, 1.165) is 5.56 Å². The maximum Gasteiger partial charge on any atom is 0.330 e. The Bertz CT molecular complexity index is 348. The van der Waals surface area contributed by atoms with E-state index in [9.17, 15) is 9.59 Å². The van der Waals surface area contributed by atoms with Crippen molar-refractivity contribution in [3.63, 3.8) is 0 Å². The summed E-state index contributed by atoms with van der Waals surface area (Å²) in [7, 11) is 0. The molecule has 15 heavy (non-hydrogen) atoms. The summed E-state index contributed by atoms with van der Waals surface area (Å²) in [5.41, 5.74) is 6.51. The normalized spacial score (nSPS) is 11.9. The molecule has 0 saturated heterocycles. The van der Waals surface area contributed by atoms with Crippen LogP contribution in [0.5, 0.6) is 0 Å². The van der Waals surface area contributed by atoms with E-state index >= 15 is 0 Å². The lowest BCUT2D eigenvalue weighted by Crippen LogP contribution is -2.35. The van der Waals surface area contributed by atoms with Crippen LogP contribution >= 0.6 is 0 Å². The summed E-state index contributed by atoms with van der Waals surface area (Å²) in [6.45, 7) is 1.17. The molecule has 0 aromatic heterocycles. The highest BCUT2D eigenvalue weighted by atomic mass is 16.6. The van der Waals surface area contributed by atoms with Gasteiger partial charge in [-0.3, -0.25) is 4.79 Å². The van der Waals surface area contributed by atoms with Crippen LogP contribution in [0.1, 0.15) is 12.5 Å². The minimum Gasteiger partial charge on any atom is -0.392 e. The molecule has 4 nitrogen and oxygen atoms in total. The zero-order valence-electron chi connectivity index (χ0n) is 8.47. The highest BCUT2D eigenvalue weighted by molar-refractivity contribution is 5.87. The summed E-state index contributed by atoms with van der Waals surface area (Å²) in [5.74, 6) is -1.32. The van der Waals surface area contributed by atoms with Gasteiger partial charge in [-0.25, -0.2) is 4.79 Å². The van der Waals surface area contributed by atoms with Gasteiger partial charge in [0.15, 0.2) is 0 Å². The Kier molecular flexibility index (Phi) is 4.00. The van der Waals surface area contributed by atoms with Gasteiger partial charge in [0.2, 0.25) is 0 Å². The van der Waals surface area contributed by atoms with Gasteiger partial charge < -0.3 is 10.5 Å². The van der Waals surface area contributed by atoms with Crippen LogP contribution in [0.3, 0.4) is 0 Å². The van der Waals surface area contributed by atoms with E-state index in [-0.39, 0.29) is 0 Å². The first-order chi connectivity index (χ1) is 7.09. The molecule has 1 aromatic carbocycles. The van der Waals surface area contributed by atoms with Crippen molar-refractivity contribution in [2.75, 3.05) is 0 Å². The van der Waals surface area contributed by atoms with Crippen LogP contribution in [0, 0.1) is 0 Å². The van der Waals surface area contributed by atoms with E-state index in [1.807, 2.05) is 30.3 Å². The summed E-state index contributed by atoms with van der Waals surface area (Å²) in [5, 5.41) is 0. The van der Waals surface area contributed by atoms with E-state index in [1.54, 1.807) is 0 Å².